The average molecular weight is 1030 g/mol. The summed E-state index contributed by atoms with van der Waals surface area (Å²) in [5.74, 6) is 0. The molecule has 0 atom stereocenters. The average Bonchev–Trinajstić information content (AvgIpc) is 4.22. The third kappa shape index (κ3) is 9.41. The quantitative estimate of drug-likeness (QED) is 0.0529. The van der Waals surface area contributed by atoms with E-state index in [1.54, 1.807) is 11.1 Å². The van der Waals surface area contributed by atoms with Crippen LogP contribution in [0.4, 0.5) is 0 Å². The van der Waals surface area contributed by atoms with Crippen LogP contribution in [0.3, 0.4) is 0 Å². The smallest absolute Gasteiger partial charge is 0.0745 e. The lowest BCUT2D eigenvalue weighted by atomic mass is 9.66. The maximum absolute atomic E-state index is 2.66. The summed E-state index contributed by atoms with van der Waals surface area (Å²) in [5.41, 5.74) is 22.6. The monoisotopic (exact) mass is 1020 g/mol. The van der Waals surface area contributed by atoms with E-state index in [1.165, 1.54) is 210 Å². The van der Waals surface area contributed by atoms with Gasteiger partial charge in [0.1, 0.15) is 0 Å². The minimum atomic E-state index is -0.430. The lowest BCUT2D eigenvalue weighted by Crippen LogP contribution is -2.29. The van der Waals surface area contributed by atoms with Crippen LogP contribution < -0.4 is 0 Å². The molecule has 0 aliphatic heterocycles. The summed E-state index contributed by atoms with van der Waals surface area (Å²) in [6, 6.07) is 36.0. The third-order valence-electron chi connectivity index (χ3n) is 16.4. The summed E-state index contributed by atoms with van der Waals surface area (Å²) in [6.07, 6.45) is 25.0. The van der Waals surface area contributed by atoms with E-state index in [-0.39, 0.29) is 0 Å². The Hall–Kier alpha value is -4.06. The van der Waals surface area contributed by atoms with E-state index in [4.69, 9.17) is 0 Å². The number of rotatable bonds is 24. The maximum atomic E-state index is 2.66. The van der Waals surface area contributed by atoms with Gasteiger partial charge in [-0.1, -0.05) is 200 Å². The minimum Gasteiger partial charge on any atom is -0.143 e. The normalized spacial score (nSPS) is 14.1. The fourth-order valence-corrected chi connectivity index (χ4v) is 18.6. The van der Waals surface area contributed by atoms with Crippen molar-refractivity contribution in [1.82, 2.24) is 0 Å². The molecule has 0 N–H and O–H groups in total. The van der Waals surface area contributed by atoms with Gasteiger partial charge < -0.3 is 0 Å². The molecule has 0 bridgehead atoms. The molecule has 4 heterocycles. The number of thiophene rings is 4. The summed E-state index contributed by atoms with van der Waals surface area (Å²) in [4.78, 5) is 5.98. The number of aryl methyl sites for hydroxylation is 8. The van der Waals surface area contributed by atoms with Gasteiger partial charge in [-0.3, -0.25) is 0 Å². The van der Waals surface area contributed by atoms with Crippen LogP contribution in [-0.4, -0.2) is 0 Å². The molecule has 10 rings (SSSR count). The van der Waals surface area contributed by atoms with Crippen LogP contribution in [0, 0.1) is 27.7 Å². The van der Waals surface area contributed by atoms with E-state index in [1.807, 2.05) is 22.7 Å². The van der Waals surface area contributed by atoms with Crippen LogP contribution >= 0.6 is 45.3 Å². The number of unbranched alkanes of at least 4 members (excludes halogenated alkanes) is 12. The Morgan fingerprint density at radius 3 is 0.903 bits per heavy atom. The Morgan fingerprint density at radius 2 is 0.625 bits per heavy atom. The Balaban J connectivity index is 1.26. The molecule has 8 aromatic rings. The van der Waals surface area contributed by atoms with Gasteiger partial charge in [-0.2, -0.15) is 0 Å². The van der Waals surface area contributed by atoms with Crippen molar-refractivity contribution in [2.75, 3.05) is 0 Å². The van der Waals surface area contributed by atoms with Gasteiger partial charge in [0.25, 0.3) is 0 Å². The number of hydrogen-bond acceptors (Lipinski definition) is 4. The van der Waals surface area contributed by atoms with Gasteiger partial charge in [-0.05, 0) is 158 Å². The van der Waals surface area contributed by atoms with Crippen LogP contribution in [0.5, 0.6) is 0 Å². The predicted molar refractivity (Wildman–Crippen MR) is 320 cm³/mol. The van der Waals surface area contributed by atoms with Crippen molar-refractivity contribution in [3.63, 3.8) is 0 Å². The minimum absolute atomic E-state index is 0.430. The maximum Gasteiger partial charge on any atom is 0.0745 e. The second-order valence-electron chi connectivity index (χ2n) is 22.2. The summed E-state index contributed by atoms with van der Waals surface area (Å²) < 4.78 is 3.03. The number of fused-ring (bicyclic) bond motifs is 9. The molecule has 0 saturated heterocycles. The Kier molecular flexibility index (Phi) is 16.0. The first-order chi connectivity index (χ1) is 35.1. The lowest BCUT2D eigenvalue weighted by Gasteiger charge is -2.35. The van der Waals surface area contributed by atoms with E-state index in [9.17, 15) is 0 Å². The first kappa shape index (κ1) is 51.4. The molecule has 0 amide bonds. The molecule has 4 heteroatoms. The van der Waals surface area contributed by atoms with Crippen LogP contribution in [0.25, 0.3) is 28.9 Å². The highest BCUT2D eigenvalue weighted by molar-refractivity contribution is 7.34. The van der Waals surface area contributed by atoms with Gasteiger partial charge in [0.05, 0.1) is 30.0 Å². The van der Waals surface area contributed by atoms with Gasteiger partial charge in [0, 0.05) is 20.9 Å². The van der Waals surface area contributed by atoms with E-state index in [0.29, 0.717) is 0 Å². The zero-order valence-corrected chi connectivity index (χ0v) is 48.3. The topological polar surface area (TPSA) is 0 Å². The Morgan fingerprint density at radius 1 is 0.333 bits per heavy atom. The molecular formula is C68H80S4. The largest absolute Gasteiger partial charge is 0.143 e. The highest BCUT2D eigenvalue weighted by Crippen LogP contribution is 2.69. The molecule has 4 aromatic heterocycles. The highest BCUT2D eigenvalue weighted by atomic mass is 32.1. The van der Waals surface area contributed by atoms with Gasteiger partial charge in [-0.25, -0.2) is 0 Å². The predicted octanol–water partition coefficient (Wildman–Crippen LogP) is 21.5. The zero-order valence-electron chi connectivity index (χ0n) is 45.0. The molecule has 0 spiro atoms. The van der Waals surface area contributed by atoms with E-state index in [0.717, 1.165) is 25.7 Å². The van der Waals surface area contributed by atoms with Crippen LogP contribution in [0.15, 0.2) is 95.7 Å². The van der Waals surface area contributed by atoms with Crippen molar-refractivity contribution in [3.8, 4) is 19.5 Å². The first-order valence-electron chi connectivity index (χ1n) is 28.4. The van der Waals surface area contributed by atoms with Gasteiger partial charge >= 0.3 is 0 Å². The molecule has 0 saturated carbocycles. The summed E-state index contributed by atoms with van der Waals surface area (Å²) >= 11 is 8.24. The Bertz CT molecular complexity index is 2820. The molecule has 376 valence electrons. The fraction of sp³-hybridized carbons (Fsp3) is 0.441. The fourth-order valence-electron chi connectivity index (χ4n) is 13.2. The SMILES string of the molecule is CCCCCCc1cc(C)cc(C2(c3cc(C)cc(CCCCCC)c3)c3ccsc3-c3sc4c5c(sc4c32)-c2sccc2C5(c2cc(C)cc(CCCCCC)c2)c2cc(C)cc(CCCCCC)c2)c1. The second kappa shape index (κ2) is 22.4. The third-order valence-corrected chi connectivity index (χ3v) is 21.1. The molecule has 4 aromatic carbocycles. The second-order valence-corrected chi connectivity index (χ2v) is 26.0. The summed E-state index contributed by atoms with van der Waals surface area (Å²) in [6.45, 7) is 18.8. The van der Waals surface area contributed by atoms with Crippen LogP contribution in [0.2, 0.25) is 0 Å². The zero-order chi connectivity index (χ0) is 50.0. The molecule has 0 fully saturated rings. The lowest BCUT2D eigenvalue weighted by molar-refractivity contribution is 0.664. The van der Waals surface area contributed by atoms with Gasteiger partial charge in [0.15, 0.2) is 0 Å². The molecule has 0 radical (unpaired) electrons. The van der Waals surface area contributed by atoms with Gasteiger partial charge in [-0.15, -0.1) is 45.3 Å². The Labute approximate surface area is 450 Å². The summed E-state index contributed by atoms with van der Waals surface area (Å²) in [5, 5.41) is 4.82. The molecular weight excluding hydrogens is 945 g/mol. The highest BCUT2D eigenvalue weighted by Gasteiger charge is 2.55. The van der Waals surface area contributed by atoms with Crippen molar-refractivity contribution < 1.29 is 0 Å². The van der Waals surface area contributed by atoms with E-state index in [2.05, 4.69) is 174 Å². The molecule has 0 nitrogen and oxygen atoms in total. The van der Waals surface area contributed by atoms with E-state index >= 15 is 0 Å². The molecule has 2 aliphatic rings. The van der Waals surface area contributed by atoms with Gasteiger partial charge in [0.2, 0.25) is 0 Å². The number of hydrogen-bond donors (Lipinski definition) is 0. The van der Waals surface area contributed by atoms with E-state index < -0.39 is 10.8 Å². The number of benzene rings is 4. The summed E-state index contributed by atoms with van der Waals surface area (Å²) in [7, 11) is 0. The van der Waals surface area contributed by atoms with Crippen LogP contribution in [-0.2, 0) is 36.5 Å². The van der Waals surface area contributed by atoms with Crippen molar-refractivity contribution >= 4 is 54.7 Å². The standard InChI is InChI=1S/C68H80S4/c1-9-13-17-21-25-49-33-45(5)37-53(41-49)67(54-38-46(6)34-50(42-54)26-22-18-14-10-2)57-29-31-69-61(57)63-59(67)65-66(71-63)60-64(72-65)62-58(30-32-70-62)68(60,55-39-47(7)35-51(43-55)27-23-19-15-11-3)56-40-48(8)36-52(44-56)28-24-20-16-12-4/h29-44H,9-28H2,1-8H3. The van der Waals surface area contributed by atoms with Crippen LogP contribution in [0.1, 0.15) is 219 Å². The van der Waals surface area contributed by atoms with Crippen molar-refractivity contribution in [1.29, 1.82) is 0 Å². The molecule has 0 unspecified atom stereocenters. The van der Waals surface area contributed by atoms with Crippen molar-refractivity contribution in [2.45, 2.75) is 195 Å². The molecule has 2 aliphatic carbocycles. The van der Waals surface area contributed by atoms with Crippen molar-refractivity contribution in [3.05, 3.63) is 185 Å². The van der Waals surface area contributed by atoms with Crippen molar-refractivity contribution in [2.24, 2.45) is 0 Å². The molecule has 72 heavy (non-hydrogen) atoms. The first-order valence-corrected chi connectivity index (χ1v) is 31.8.